The van der Waals surface area contributed by atoms with E-state index in [0.29, 0.717) is 0 Å². The molecule has 0 aromatic carbocycles. The minimum absolute atomic E-state index is 0.516. The molecule has 0 aliphatic carbocycles. The third kappa shape index (κ3) is 3.84. The van der Waals surface area contributed by atoms with Crippen molar-refractivity contribution in [3.8, 4) is 0 Å². The maximum absolute atomic E-state index is 11.8. The van der Waals surface area contributed by atoms with Gasteiger partial charge in [-0.3, -0.25) is 14.1 Å². The van der Waals surface area contributed by atoms with Gasteiger partial charge in [-0.15, -0.1) is 0 Å². The molecule has 0 radical (unpaired) electrons. The van der Waals surface area contributed by atoms with E-state index in [1.165, 1.54) is 25.7 Å². The number of halogens is 3. The van der Waals surface area contributed by atoms with Crippen LogP contribution >= 0.6 is 43.2 Å². The predicted molar refractivity (Wildman–Crippen MR) is 77.0 cm³/mol. The number of hydrogen-bond acceptors (Lipinski definition) is 3. The molecule has 1 amide bonds. The molecule has 0 aromatic heterocycles. The molecule has 2 aliphatic rings. The number of alkyl halides is 3. The molecule has 0 unspecified atom stereocenters. The molecule has 8 heteroatoms. The van der Waals surface area contributed by atoms with Crippen LogP contribution in [0.1, 0.15) is 25.7 Å². The summed E-state index contributed by atoms with van der Waals surface area (Å²) in [7, 11) is -0.853. The highest BCUT2D eigenvalue weighted by molar-refractivity contribution is 7.51. The lowest BCUT2D eigenvalue weighted by molar-refractivity contribution is -0.118. The third-order valence-corrected chi connectivity index (χ3v) is 5.95. The second-order valence-electron chi connectivity index (χ2n) is 4.55. The van der Waals surface area contributed by atoms with Crippen molar-refractivity contribution >= 4 is 49.1 Å². The minimum Gasteiger partial charge on any atom is -0.306 e. The van der Waals surface area contributed by atoms with Crippen molar-refractivity contribution < 1.29 is 4.79 Å². The van der Waals surface area contributed by atoms with Gasteiger partial charge in [-0.05, 0) is 25.7 Å². The Morgan fingerprint density at radius 1 is 0.944 bits per heavy atom. The molecule has 0 spiro atoms. The first-order valence-electron chi connectivity index (χ1n) is 6.16. The van der Waals surface area contributed by atoms with Gasteiger partial charge in [-0.1, -0.05) is 34.8 Å². The number of rotatable bonds is 3. The van der Waals surface area contributed by atoms with E-state index in [-0.39, 0.29) is 0 Å². The summed E-state index contributed by atoms with van der Waals surface area (Å²) in [6, 6.07) is 0. The Morgan fingerprint density at radius 3 is 1.67 bits per heavy atom. The van der Waals surface area contributed by atoms with Gasteiger partial charge in [0, 0.05) is 26.2 Å². The summed E-state index contributed by atoms with van der Waals surface area (Å²) in [6.45, 7) is 4.06. The summed E-state index contributed by atoms with van der Waals surface area (Å²) in [5.74, 6) is -0.516. The number of hydrogen-bond donors (Lipinski definition) is 1. The van der Waals surface area contributed by atoms with Crippen LogP contribution in [0.4, 0.5) is 0 Å². The largest absolute Gasteiger partial charge is 0.306 e. The summed E-state index contributed by atoms with van der Waals surface area (Å²) >= 11 is 16.9. The topological polar surface area (TPSA) is 35.6 Å². The molecule has 4 nitrogen and oxygen atoms in total. The van der Waals surface area contributed by atoms with Crippen molar-refractivity contribution in [2.75, 3.05) is 26.2 Å². The molecule has 0 atom stereocenters. The van der Waals surface area contributed by atoms with E-state index in [2.05, 4.69) is 14.4 Å². The molecule has 2 rings (SSSR count). The first-order valence-corrected chi connectivity index (χ1v) is 8.54. The highest BCUT2D eigenvalue weighted by atomic mass is 35.6. The average Bonchev–Trinajstić information content (AvgIpc) is 2.97. The number of carbonyl (C=O) groups is 1. The highest BCUT2D eigenvalue weighted by Gasteiger charge is 2.37. The van der Waals surface area contributed by atoms with Crippen molar-refractivity contribution in [1.29, 1.82) is 0 Å². The molecule has 104 valence electrons. The molecule has 1 N–H and O–H groups in total. The zero-order valence-electron chi connectivity index (χ0n) is 10.0. The Kier molecular flexibility index (Phi) is 5.39. The maximum atomic E-state index is 11.8. The van der Waals surface area contributed by atoms with E-state index in [0.717, 1.165) is 26.2 Å². The number of nitrogens with one attached hydrogen (secondary N) is 1. The van der Waals surface area contributed by atoms with Gasteiger partial charge in [0.1, 0.15) is 8.37 Å². The zero-order valence-corrected chi connectivity index (χ0v) is 13.2. The fraction of sp³-hybridized carbons (Fsp3) is 0.900. The SMILES string of the molecule is O=C(NP(N1CCCC1)N1CCCC1)C(Cl)(Cl)Cl. The van der Waals surface area contributed by atoms with Crippen LogP contribution in [0.5, 0.6) is 0 Å². The van der Waals surface area contributed by atoms with Gasteiger partial charge in [0.05, 0.1) is 0 Å². The molecule has 2 heterocycles. The second-order valence-corrected chi connectivity index (χ2v) is 8.76. The molecule has 0 aromatic rings. The van der Waals surface area contributed by atoms with Gasteiger partial charge in [-0.2, -0.15) is 0 Å². The van der Waals surface area contributed by atoms with E-state index in [1.54, 1.807) is 0 Å². The van der Waals surface area contributed by atoms with Crippen LogP contribution in [0.2, 0.25) is 0 Å². The molecule has 0 bridgehead atoms. The van der Waals surface area contributed by atoms with E-state index >= 15 is 0 Å². The molecular weight excluding hydrogens is 315 g/mol. The smallest absolute Gasteiger partial charge is 0.277 e. The van der Waals surface area contributed by atoms with Crippen LogP contribution in [0, 0.1) is 0 Å². The summed E-state index contributed by atoms with van der Waals surface area (Å²) in [6.07, 6.45) is 4.71. The van der Waals surface area contributed by atoms with Crippen molar-refractivity contribution in [3.63, 3.8) is 0 Å². The van der Waals surface area contributed by atoms with Crippen LogP contribution < -0.4 is 5.09 Å². The number of carbonyl (C=O) groups excluding carboxylic acids is 1. The Hall–Kier alpha value is 0.690. The lowest BCUT2D eigenvalue weighted by atomic mass is 10.4. The van der Waals surface area contributed by atoms with Crippen molar-refractivity contribution in [3.05, 3.63) is 0 Å². The molecule has 2 saturated heterocycles. The Balaban J connectivity index is 2.01. The van der Waals surface area contributed by atoms with E-state index in [4.69, 9.17) is 34.8 Å². The van der Waals surface area contributed by atoms with E-state index < -0.39 is 18.1 Å². The van der Waals surface area contributed by atoms with Gasteiger partial charge < -0.3 is 5.09 Å². The van der Waals surface area contributed by atoms with Gasteiger partial charge >= 0.3 is 0 Å². The van der Waals surface area contributed by atoms with Gasteiger partial charge in [0.15, 0.2) is 0 Å². The first-order chi connectivity index (χ1) is 8.48. The van der Waals surface area contributed by atoms with Gasteiger partial charge in [-0.25, -0.2) is 0 Å². The fourth-order valence-electron chi connectivity index (χ4n) is 2.25. The summed E-state index contributed by atoms with van der Waals surface area (Å²) in [5, 5.41) is 2.92. The lowest BCUT2D eigenvalue weighted by Gasteiger charge is -2.35. The second kappa shape index (κ2) is 6.43. The third-order valence-electron chi connectivity index (χ3n) is 3.16. The monoisotopic (exact) mass is 331 g/mol. The maximum Gasteiger partial charge on any atom is 0.277 e. The molecular formula is C10H17Cl3N3OP. The highest BCUT2D eigenvalue weighted by Crippen LogP contribution is 2.45. The van der Waals surface area contributed by atoms with Crippen LogP contribution in [-0.2, 0) is 4.79 Å². The minimum atomic E-state index is -1.87. The van der Waals surface area contributed by atoms with E-state index in [9.17, 15) is 4.79 Å². The van der Waals surface area contributed by atoms with Crippen molar-refractivity contribution in [2.45, 2.75) is 29.5 Å². The lowest BCUT2D eigenvalue weighted by Crippen LogP contribution is -2.40. The van der Waals surface area contributed by atoms with Crippen LogP contribution in [0.15, 0.2) is 0 Å². The Morgan fingerprint density at radius 2 is 1.33 bits per heavy atom. The standard InChI is InChI=1S/C10H17Cl3N3OP/c11-10(12,13)9(17)14-18(15-5-1-2-6-15)16-7-3-4-8-16/h1-8H2,(H,14,17). The Bertz CT molecular complexity index is 285. The van der Waals surface area contributed by atoms with Gasteiger partial charge in [0.2, 0.25) is 0 Å². The normalized spacial score (nSPS) is 22.9. The summed E-state index contributed by atoms with van der Waals surface area (Å²) in [5.41, 5.74) is 0. The van der Waals surface area contributed by atoms with Crippen LogP contribution in [-0.4, -0.2) is 45.2 Å². The molecule has 2 aliphatic heterocycles. The summed E-state index contributed by atoms with van der Waals surface area (Å²) < 4.78 is 2.75. The van der Waals surface area contributed by atoms with E-state index in [1.807, 2.05) is 0 Å². The first kappa shape index (κ1) is 15.1. The van der Waals surface area contributed by atoms with Gasteiger partial charge in [0.25, 0.3) is 9.70 Å². The van der Waals surface area contributed by atoms with Crippen LogP contribution in [0.25, 0.3) is 0 Å². The predicted octanol–water partition coefficient (Wildman–Crippen LogP) is 2.89. The van der Waals surface area contributed by atoms with Crippen molar-refractivity contribution in [2.24, 2.45) is 0 Å². The number of amides is 1. The molecule has 2 fully saturated rings. The average molecular weight is 333 g/mol. The fourth-order valence-corrected chi connectivity index (χ4v) is 4.91. The molecule has 0 saturated carbocycles. The van der Waals surface area contributed by atoms with Crippen LogP contribution in [0.3, 0.4) is 0 Å². The summed E-state index contributed by atoms with van der Waals surface area (Å²) in [4.78, 5) is 11.8. The Labute approximate surface area is 124 Å². The zero-order chi connectivity index (χ0) is 13.2. The number of nitrogens with zero attached hydrogens (tertiary/aromatic N) is 2. The molecule has 18 heavy (non-hydrogen) atoms. The quantitative estimate of drug-likeness (QED) is 0.637. The van der Waals surface area contributed by atoms with Crippen molar-refractivity contribution in [1.82, 2.24) is 14.4 Å².